The maximum Gasteiger partial charge on any atom is 0.441 e. The molecule has 1 heterocycles. The van der Waals surface area contributed by atoms with Crippen LogP contribution in [0.1, 0.15) is 30.7 Å². The number of aliphatic imine (C=N–C) groups is 1. The van der Waals surface area contributed by atoms with Crippen LogP contribution in [0.25, 0.3) is 0 Å². The van der Waals surface area contributed by atoms with Crippen molar-refractivity contribution in [2.75, 3.05) is 31.1 Å². The molecule has 0 spiro atoms. The highest BCUT2D eigenvalue weighted by molar-refractivity contribution is 7.92. The zero-order valence-electron chi connectivity index (χ0n) is 22.5. The zero-order valence-corrected chi connectivity index (χ0v) is 23.3. The van der Waals surface area contributed by atoms with Gasteiger partial charge in [-0.15, -0.1) is 10.1 Å². The summed E-state index contributed by atoms with van der Waals surface area (Å²) in [6, 6.07) is 7.60. The second kappa shape index (κ2) is 14.6. The van der Waals surface area contributed by atoms with Crippen LogP contribution in [0.5, 0.6) is 0 Å². The van der Waals surface area contributed by atoms with Crippen molar-refractivity contribution in [1.29, 1.82) is 0 Å². The lowest BCUT2D eigenvalue weighted by molar-refractivity contribution is -0.121. The van der Waals surface area contributed by atoms with Crippen molar-refractivity contribution in [1.82, 2.24) is 15.4 Å². The monoisotopic (exact) mass is 580 g/mol. The Kier molecular flexibility index (Phi) is 11.6. The summed E-state index contributed by atoms with van der Waals surface area (Å²) in [5, 5.41) is 2.96. The summed E-state index contributed by atoms with van der Waals surface area (Å²) in [7, 11) is -4.12. The summed E-state index contributed by atoms with van der Waals surface area (Å²) in [6.45, 7) is 5.98. The molecule has 0 unspecified atom stereocenters. The fourth-order valence-electron chi connectivity index (χ4n) is 3.24. The maximum atomic E-state index is 12.9. The minimum Gasteiger partial charge on any atom is -0.448 e. The third-order valence-corrected chi connectivity index (χ3v) is 6.24. The van der Waals surface area contributed by atoms with Gasteiger partial charge in [-0.3, -0.25) is 19.1 Å². The molecule has 0 atom stereocenters. The number of nitrogens with two attached hydrogens (primary N) is 1. The molecule has 15 nitrogen and oxygen atoms in total. The summed E-state index contributed by atoms with van der Waals surface area (Å²) in [4.78, 5) is 60.0. The molecule has 0 aliphatic carbocycles. The number of ether oxygens (including phenoxy) is 2. The van der Waals surface area contributed by atoms with Crippen molar-refractivity contribution < 1.29 is 37.1 Å². The molecule has 1 aromatic heterocycles. The largest absolute Gasteiger partial charge is 0.448 e. The molecule has 0 bridgehead atoms. The molecule has 16 heteroatoms. The number of aromatic nitrogens is 1. The Morgan fingerprint density at radius 1 is 1.10 bits per heavy atom. The van der Waals surface area contributed by atoms with Crippen molar-refractivity contribution in [3.63, 3.8) is 0 Å². The molecule has 3 amide bonds. The number of benzene rings is 1. The van der Waals surface area contributed by atoms with E-state index in [1.54, 1.807) is 39.8 Å². The molecular weight excluding hydrogens is 548 g/mol. The summed E-state index contributed by atoms with van der Waals surface area (Å²) in [5.41, 5.74) is 5.88. The highest BCUT2D eigenvalue weighted by Crippen LogP contribution is 2.19. The molecule has 5 N–H and O–H groups in total. The Morgan fingerprint density at radius 3 is 2.45 bits per heavy atom. The average Bonchev–Trinajstić information content (AvgIpc) is 2.86. The molecule has 1 aromatic carbocycles. The van der Waals surface area contributed by atoms with E-state index in [1.807, 2.05) is 0 Å². The number of sulfonamides is 1. The number of hydroxylamine groups is 2. The quantitative estimate of drug-likeness (QED) is 0.129. The van der Waals surface area contributed by atoms with Gasteiger partial charge in [-0.25, -0.2) is 18.0 Å². The minimum absolute atomic E-state index is 0.0201. The first-order chi connectivity index (χ1) is 18.9. The first kappa shape index (κ1) is 31.8. The van der Waals surface area contributed by atoms with Gasteiger partial charge >= 0.3 is 12.2 Å². The van der Waals surface area contributed by atoms with Crippen LogP contribution in [-0.2, 0) is 35.5 Å². The van der Waals surface area contributed by atoms with E-state index < -0.39 is 39.6 Å². The lowest BCUT2D eigenvalue weighted by Gasteiger charge is -2.19. The van der Waals surface area contributed by atoms with E-state index in [0.29, 0.717) is 16.3 Å². The summed E-state index contributed by atoms with van der Waals surface area (Å²) in [6.07, 6.45) is -2.46. The van der Waals surface area contributed by atoms with Gasteiger partial charge in [0.25, 0.3) is 15.6 Å². The Balaban J connectivity index is 2.09. The van der Waals surface area contributed by atoms with Crippen LogP contribution in [0, 0.1) is 13.8 Å². The molecule has 40 heavy (non-hydrogen) atoms. The van der Waals surface area contributed by atoms with Gasteiger partial charge in [-0.2, -0.15) is 0 Å². The van der Waals surface area contributed by atoms with Gasteiger partial charge in [-0.1, -0.05) is 12.1 Å². The van der Waals surface area contributed by atoms with E-state index in [1.165, 1.54) is 18.2 Å². The molecule has 2 aromatic rings. The third kappa shape index (κ3) is 9.39. The summed E-state index contributed by atoms with van der Waals surface area (Å²) in [5.74, 6) is -1.23. The van der Waals surface area contributed by atoms with E-state index in [0.717, 1.165) is 0 Å². The van der Waals surface area contributed by atoms with Crippen LogP contribution in [0.2, 0.25) is 0 Å². The number of hydrogen-bond donors (Lipinski definition) is 4. The van der Waals surface area contributed by atoms with Gasteiger partial charge in [0.05, 0.1) is 31.1 Å². The average molecular weight is 581 g/mol. The standard InChI is InChI=1S/C24H32N6O9S/c1-5-37-23(33)28-22(25)30(24(34)38-6-2)39-11-10-26-19(31)14-17-13-16(4)27-21(32)20(17)29-40(35,36)18-9-7-8-15(3)12-18/h7-9,12-13,29H,5-6,10-11,14H2,1-4H3,(H,26,31)(H,27,32)(H2,25,28,33). The van der Waals surface area contributed by atoms with Gasteiger partial charge in [0.2, 0.25) is 11.9 Å². The van der Waals surface area contributed by atoms with Crippen LogP contribution < -0.4 is 21.3 Å². The number of H-pyrrole nitrogens is 1. The van der Waals surface area contributed by atoms with Crippen LogP contribution >= 0.6 is 0 Å². The van der Waals surface area contributed by atoms with E-state index in [2.05, 4.69) is 24.8 Å². The first-order valence-electron chi connectivity index (χ1n) is 12.1. The maximum absolute atomic E-state index is 12.9. The summed E-state index contributed by atoms with van der Waals surface area (Å²) < 4.78 is 37.5. The van der Waals surface area contributed by atoms with E-state index in [4.69, 9.17) is 15.3 Å². The highest BCUT2D eigenvalue weighted by Gasteiger charge is 2.23. The normalized spacial score (nSPS) is 11.4. The molecule has 218 valence electrons. The molecule has 2 rings (SSSR count). The molecule has 0 aliphatic rings. The molecule has 0 fully saturated rings. The number of carbonyl (C=O) groups excluding carboxylic acids is 3. The Bertz CT molecular complexity index is 1420. The topological polar surface area (TPSA) is 212 Å². The number of hydrogen-bond acceptors (Lipinski definition) is 9. The lowest BCUT2D eigenvalue weighted by Crippen LogP contribution is -2.44. The van der Waals surface area contributed by atoms with Crippen LogP contribution in [-0.4, -0.2) is 68.9 Å². The first-order valence-corrected chi connectivity index (χ1v) is 13.6. The number of nitrogens with one attached hydrogen (secondary N) is 3. The minimum atomic E-state index is -4.12. The fraction of sp³-hybridized carbons (Fsp3) is 0.375. The predicted molar refractivity (Wildman–Crippen MR) is 144 cm³/mol. The number of pyridine rings is 1. The second-order valence-electron chi connectivity index (χ2n) is 8.13. The fourth-order valence-corrected chi connectivity index (χ4v) is 4.45. The SMILES string of the molecule is CCOC(=O)N=C(N)N(OCCNC(=O)Cc1cc(C)[nH]c(=O)c1NS(=O)(=O)c1cccc(C)c1)C(=O)OCC. The number of aryl methyl sites for hydroxylation is 2. The number of nitrogens with zero attached hydrogens (tertiary/aromatic N) is 2. The molecule has 0 radical (unpaired) electrons. The number of aromatic amines is 1. The van der Waals surface area contributed by atoms with Gasteiger partial charge in [0.15, 0.2) is 0 Å². The zero-order chi connectivity index (χ0) is 29.9. The number of rotatable bonds is 11. The van der Waals surface area contributed by atoms with Gasteiger partial charge in [-0.05, 0) is 57.0 Å². The Hall–Kier alpha value is -4.44. The van der Waals surface area contributed by atoms with Gasteiger partial charge in [0.1, 0.15) is 5.69 Å². The van der Waals surface area contributed by atoms with Crippen molar-refractivity contribution in [3.8, 4) is 0 Å². The lowest BCUT2D eigenvalue weighted by atomic mass is 10.1. The second-order valence-corrected chi connectivity index (χ2v) is 9.81. The molecule has 0 saturated heterocycles. The van der Waals surface area contributed by atoms with Crippen molar-refractivity contribution in [2.24, 2.45) is 10.7 Å². The van der Waals surface area contributed by atoms with Gasteiger partial charge in [0, 0.05) is 12.2 Å². The Labute approximate surface area is 230 Å². The van der Waals surface area contributed by atoms with Crippen molar-refractivity contribution >= 4 is 39.8 Å². The van der Waals surface area contributed by atoms with Crippen LogP contribution in [0.4, 0.5) is 15.3 Å². The number of guanidine groups is 1. The highest BCUT2D eigenvalue weighted by atomic mass is 32.2. The van der Waals surface area contributed by atoms with E-state index >= 15 is 0 Å². The predicted octanol–water partition coefficient (Wildman–Crippen LogP) is 1.31. The molecule has 0 saturated carbocycles. The summed E-state index contributed by atoms with van der Waals surface area (Å²) >= 11 is 0. The number of anilines is 1. The molecule has 0 aliphatic heterocycles. The van der Waals surface area contributed by atoms with E-state index in [9.17, 15) is 27.6 Å². The van der Waals surface area contributed by atoms with Crippen LogP contribution in [0.15, 0.2) is 45.0 Å². The Morgan fingerprint density at radius 2 is 1.80 bits per heavy atom. The van der Waals surface area contributed by atoms with Crippen molar-refractivity contribution in [3.05, 3.63) is 57.5 Å². The van der Waals surface area contributed by atoms with Crippen LogP contribution in [0.3, 0.4) is 0 Å². The van der Waals surface area contributed by atoms with Crippen molar-refractivity contribution in [2.45, 2.75) is 39.0 Å². The third-order valence-electron chi connectivity index (χ3n) is 4.90. The van der Waals surface area contributed by atoms with Gasteiger partial charge < -0.3 is 25.5 Å². The number of amides is 3. The molecular formula is C24H32N6O9S. The smallest absolute Gasteiger partial charge is 0.441 e. The van der Waals surface area contributed by atoms with E-state index in [-0.39, 0.29) is 48.9 Å². The number of carbonyl (C=O) groups is 3.